The van der Waals surface area contributed by atoms with Gasteiger partial charge in [0.15, 0.2) is 0 Å². The van der Waals surface area contributed by atoms with Gasteiger partial charge in [0.2, 0.25) is 11.9 Å². The molecule has 1 aliphatic heterocycles. The Balaban J connectivity index is 1.30. The summed E-state index contributed by atoms with van der Waals surface area (Å²) >= 11 is 13.1. The molecule has 0 radical (unpaired) electrons. The third-order valence-electron chi connectivity index (χ3n) is 8.81. The van der Waals surface area contributed by atoms with Crippen LogP contribution in [0.5, 0.6) is 5.75 Å². The lowest BCUT2D eigenvalue weighted by Gasteiger charge is -2.29. The van der Waals surface area contributed by atoms with E-state index in [2.05, 4.69) is 31.6 Å². The van der Waals surface area contributed by atoms with E-state index in [0.717, 1.165) is 5.56 Å². The molecule has 334 valence electrons. The van der Waals surface area contributed by atoms with Crippen LogP contribution in [0, 0.1) is 0 Å². The fourth-order valence-corrected chi connectivity index (χ4v) is 6.69. The third kappa shape index (κ3) is 14.4. The highest BCUT2D eigenvalue weighted by Gasteiger charge is 2.41. The quantitative estimate of drug-likeness (QED) is 0.0278. The molecule has 63 heavy (non-hydrogen) atoms. The van der Waals surface area contributed by atoms with Crippen LogP contribution in [-0.2, 0) is 30.4 Å². The third-order valence-corrected chi connectivity index (χ3v) is 9.41. The molecule has 5 rings (SSSR count). The SMILES string of the molecule is CC(C)(C)OC(=O)NC(=Nc1ccc2c(c1)[C@H](NCC(=O)NCC(O)(NC(=O)c1c(Cl)cc(-c3ccccc3)cc1Cl)C(=O)OCc1ccccc1)CCO2)NC(=O)OC(C)(C)C. The number of hydrogen-bond acceptors (Lipinski definition) is 12. The Bertz CT molecular complexity index is 2280. The van der Waals surface area contributed by atoms with E-state index < -0.39 is 59.5 Å². The molecule has 0 fully saturated rings. The second kappa shape index (κ2) is 20.8. The second-order valence-corrected chi connectivity index (χ2v) is 17.2. The average molecular weight is 906 g/mol. The molecule has 16 nitrogen and oxygen atoms in total. The number of carbonyl (C=O) groups excluding carboxylic acids is 5. The van der Waals surface area contributed by atoms with Crippen molar-refractivity contribution in [2.75, 3.05) is 19.7 Å². The van der Waals surface area contributed by atoms with Gasteiger partial charge in [-0.05, 0) is 88.6 Å². The molecule has 1 aliphatic rings. The van der Waals surface area contributed by atoms with E-state index in [4.69, 9.17) is 42.1 Å². The lowest BCUT2D eigenvalue weighted by molar-refractivity contribution is -0.169. The first-order chi connectivity index (χ1) is 29.7. The number of rotatable bonds is 12. The number of ether oxygens (including phenoxy) is 4. The highest BCUT2D eigenvalue weighted by atomic mass is 35.5. The van der Waals surface area contributed by atoms with Crippen molar-refractivity contribution in [3.05, 3.63) is 118 Å². The number of nitrogens with one attached hydrogen (secondary N) is 5. The minimum absolute atomic E-state index is 0.0486. The van der Waals surface area contributed by atoms with Crippen LogP contribution in [-0.4, -0.2) is 77.7 Å². The first kappa shape index (κ1) is 47.8. The standard InChI is InChI=1S/C45H50Cl2N6O10/c1-43(2,3)62-41(57)51-40(52-42(58)63-44(4,5)6)50-30-17-18-35-31(23-30)34(19-20-60-35)48-24-36(54)49-26-45(59,39(56)61-25-27-13-9-7-10-14-27)53-38(55)37-32(46)21-29(22-33(37)47)28-15-11-8-12-16-28/h7-18,21-23,34,48,59H,19-20,24-26H2,1-6H3,(H,49,54)(H,53,55)(H2,50,51,52,57,58)/t34-,45?/m1/s1. The Kier molecular flexibility index (Phi) is 15.8. The number of amides is 4. The molecular formula is C45H50Cl2N6O10. The van der Waals surface area contributed by atoms with Gasteiger partial charge in [-0.3, -0.25) is 20.2 Å². The average Bonchev–Trinajstić information content (AvgIpc) is 3.20. The van der Waals surface area contributed by atoms with Crippen LogP contribution < -0.4 is 31.3 Å². The normalized spacial score (nSPS) is 14.3. The molecule has 18 heteroatoms. The van der Waals surface area contributed by atoms with Crippen LogP contribution in [0.4, 0.5) is 15.3 Å². The predicted molar refractivity (Wildman–Crippen MR) is 237 cm³/mol. The fourth-order valence-electron chi connectivity index (χ4n) is 6.03. The van der Waals surface area contributed by atoms with Gasteiger partial charge in [-0.2, -0.15) is 0 Å². The Hall–Kier alpha value is -6.20. The van der Waals surface area contributed by atoms with Crippen LogP contribution in [0.2, 0.25) is 10.0 Å². The summed E-state index contributed by atoms with van der Waals surface area (Å²) < 4.78 is 21.9. The highest BCUT2D eigenvalue weighted by Crippen LogP contribution is 2.35. The lowest BCUT2D eigenvalue weighted by atomic mass is 10.00. The maximum Gasteiger partial charge on any atom is 0.414 e. The van der Waals surface area contributed by atoms with Crippen molar-refractivity contribution in [1.29, 1.82) is 0 Å². The van der Waals surface area contributed by atoms with Crippen LogP contribution in [0.15, 0.2) is 96.0 Å². The molecule has 4 aromatic rings. The van der Waals surface area contributed by atoms with Gasteiger partial charge >= 0.3 is 18.2 Å². The molecule has 0 bridgehead atoms. The first-order valence-electron chi connectivity index (χ1n) is 19.8. The number of aliphatic hydroxyl groups is 1. The fraction of sp³-hybridized carbons (Fsp3) is 0.333. The minimum Gasteiger partial charge on any atom is -0.493 e. The summed E-state index contributed by atoms with van der Waals surface area (Å²) in [5.74, 6) is -2.69. The molecule has 1 unspecified atom stereocenters. The van der Waals surface area contributed by atoms with Gasteiger partial charge in [-0.1, -0.05) is 83.9 Å². The summed E-state index contributed by atoms with van der Waals surface area (Å²) in [6.07, 6.45) is -1.32. The monoisotopic (exact) mass is 904 g/mol. The Morgan fingerprint density at radius 3 is 1.97 bits per heavy atom. The highest BCUT2D eigenvalue weighted by molar-refractivity contribution is 6.40. The van der Waals surface area contributed by atoms with E-state index in [1.807, 2.05) is 30.3 Å². The van der Waals surface area contributed by atoms with E-state index >= 15 is 0 Å². The summed E-state index contributed by atoms with van der Waals surface area (Å²) in [6.45, 7) is 9.03. The summed E-state index contributed by atoms with van der Waals surface area (Å²) in [6, 6.07) is 25.4. The lowest BCUT2D eigenvalue weighted by Crippen LogP contribution is -2.62. The van der Waals surface area contributed by atoms with Gasteiger partial charge < -0.3 is 40.0 Å². The Labute approximate surface area is 375 Å². The van der Waals surface area contributed by atoms with Crippen molar-refractivity contribution in [3.63, 3.8) is 0 Å². The molecule has 6 N–H and O–H groups in total. The number of aliphatic imine (C=N–C) groups is 1. The van der Waals surface area contributed by atoms with E-state index in [1.165, 1.54) is 12.1 Å². The zero-order valence-electron chi connectivity index (χ0n) is 35.6. The Morgan fingerprint density at radius 2 is 1.38 bits per heavy atom. The molecule has 4 amide bonds. The summed E-state index contributed by atoms with van der Waals surface area (Å²) in [5.41, 5.74) is -1.75. The topological polar surface area (TPSA) is 215 Å². The van der Waals surface area contributed by atoms with Gasteiger partial charge in [0.1, 0.15) is 23.6 Å². The molecule has 2 atom stereocenters. The molecule has 0 aromatic heterocycles. The summed E-state index contributed by atoms with van der Waals surface area (Å²) in [5, 5.41) is 24.4. The molecule has 0 saturated carbocycles. The molecule has 0 saturated heterocycles. The van der Waals surface area contributed by atoms with Gasteiger partial charge in [0, 0.05) is 18.0 Å². The number of carbonyl (C=O) groups is 5. The molecule has 4 aromatic carbocycles. The zero-order chi connectivity index (χ0) is 46.0. The van der Waals surface area contributed by atoms with Crippen molar-refractivity contribution in [3.8, 4) is 16.9 Å². The van der Waals surface area contributed by atoms with Gasteiger partial charge in [0.05, 0.1) is 41.0 Å². The predicted octanol–water partition coefficient (Wildman–Crippen LogP) is 7.09. The van der Waals surface area contributed by atoms with E-state index in [0.29, 0.717) is 41.2 Å². The second-order valence-electron chi connectivity index (χ2n) is 16.3. The van der Waals surface area contributed by atoms with Crippen molar-refractivity contribution in [2.45, 2.75) is 77.5 Å². The molecule has 0 aliphatic carbocycles. The number of nitrogens with zero attached hydrogens (tertiary/aromatic N) is 1. The largest absolute Gasteiger partial charge is 0.493 e. The van der Waals surface area contributed by atoms with Crippen molar-refractivity contribution in [2.24, 2.45) is 4.99 Å². The van der Waals surface area contributed by atoms with E-state index in [9.17, 15) is 29.1 Å². The summed E-state index contributed by atoms with van der Waals surface area (Å²) in [4.78, 5) is 70.3. The minimum atomic E-state index is -2.77. The summed E-state index contributed by atoms with van der Waals surface area (Å²) in [7, 11) is 0. The Morgan fingerprint density at radius 1 is 0.794 bits per heavy atom. The van der Waals surface area contributed by atoms with Crippen LogP contribution in [0.25, 0.3) is 11.1 Å². The molecular weight excluding hydrogens is 855 g/mol. The van der Waals surface area contributed by atoms with E-state index in [1.54, 1.807) is 90.1 Å². The van der Waals surface area contributed by atoms with Crippen molar-refractivity contribution in [1.82, 2.24) is 26.6 Å². The van der Waals surface area contributed by atoms with Gasteiger partial charge in [-0.15, -0.1) is 0 Å². The smallest absolute Gasteiger partial charge is 0.414 e. The number of hydrogen-bond donors (Lipinski definition) is 6. The van der Waals surface area contributed by atoms with Crippen LogP contribution in [0.3, 0.4) is 0 Å². The molecule has 0 spiro atoms. The van der Waals surface area contributed by atoms with E-state index in [-0.39, 0.29) is 34.7 Å². The maximum atomic E-state index is 13.7. The number of guanidine groups is 1. The number of alkyl carbamates (subject to hydrolysis) is 2. The number of benzene rings is 4. The van der Waals surface area contributed by atoms with Crippen molar-refractivity contribution < 1.29 is 48.0 Å². The van der Waals surface area contributed by atoms with Gasteiger partial charge in [0.25, 0.3) is 11.6 Å². The maximum absolute atomic E-state index is 13.7. The number of fused-ring (bicyclic) bond motifs is 1. The zero-order valence-corrected chi connectivity index (χ0v) is 37.1. The molecule has 1 heterocycles. The van der Waals surface area contributed by atoms with Gasteiger partial charge in [-0.25, -0.2) is 19.4 Å². The number of halogens is 2. The van der Waals surface area contributed by atoms with Crippen molar-refractivity contribution >= 4 is 64.8 Å². The number of esters is 1. The first-order valence-corrected chi connectivity index (χ1v) is 20.6. The van der Waals surface area contributed by atoms with Crippen LogP contribution >= 0.6 is 23.2 Å². The van der Waals surface area contributed by atoms with Crippen LogP contribution in [0.1, 0.15) is 75.5 Å².